The quantitative estimate of drug-likeness (QED) is 0.856. The standard InChI is InChI=1S/C15H18BrNS/c1-2-12(11-6-4-3-5-7-11)14(17)10-15-13(16)8-9-18-15/h3-9,12,14H,2,10,17H2,1H3. The van der Waals surface area contributed by atoms with E-state index in [1.165, 1.54) is 14.9 Å². The zero-order valence-electron chi connectivity index (χ0n) is 10.5. The third-order valence-corrected chi connectivity index (χ3v) is 5.25. The van der Waals surface area contributed by atoms with E-state index in [2.05, 4.69) is 64.6 Å². The molecule has 3 heteroatoms. The Bertz CT molecular complexity index is 480. The van der Waals surface area contributed by atoms with Crippen molar-refractivity contribution < 1.29 is 0 Å². The van der Waals surface area contributed by atoms with Crippen molar-refractivity contribution in [1.82, 2.24) is 0 Å². The molecule has 0 aliphatic heterocycles. The van der Waals surface area contributed by atoms with Crippen molar-refractivity contribution in [3.05, 3.63) is 56.7 Å². The smallest absolute Gasteiger partial charge is 0.0314 e. The van der Waals surface area contributed by atoms with E-state index in [0.29, 0.717) is 5.92 Å². The average Bonchev–Trinajstić information content (AvgIpc) is 2.77. The Morgan fingerprint density at radius 1 is 1.22 bits per heavy atom. The molecule has 1 nitrogen and oxygen atoms in total. The Kier molecular flexibility index (Phi) is 4.98. The summed E-state index contributed by atoms with van der Waals surface area (Å²) in [6.45, 7) is 2.21. The molecule has 1 heterocycles. The van der Waals surface area contributed by atoms with Gasteiger partial charge in [-0.2, -0.15) is 0 Å². The molecule has 0 saturated carbocycles. The molecule has 0 amide bonds. The van der Waals surface area contributed by atoms with Crippen LogP contribution in [0.4, 0.5) is 0 Å². The van der Waals surface area contributed by atoms with Crippen LogP contribution in [0.2, 0.25) is 0 Å². The Morgan fingerprint density at radius 2 is 1.94 bits per heavy atom. The van der Waals surface area contributed by atoms with Crippen molar-refractivity contribution in [3.63, 3.8) is 0 Å². The van der Waals surface area contributed by atoms with Crippen LogP contribution in [0.3, 0.4) is 0 Å². The summed E-state index contributed by atoms with van der Waals surface area (Å²) in [5, 5.41) is 2.11. The molecule has 0 saturated heterocycles. The molecular formula is C15H18BrNS. The van der Waals surface area contributed by atoms with Crippen LogP contribution in [0.1, 0.15) is 29.7 Å². The lowest BCUT2D eigenvalue weighted by Gasteiger charge is -2.23. The molecule has 18 heavy (non-hydrogen) atoms. The molecule has 0 bridgehead atoms. The van der Waals surface area contributed by atoms with Crippen LogP contribution in [0.25, 0.3) is 0 Å². The van der Waals surface area contributed by atoms with Gasteiger partial charge in [-0.05, 0) is 51.7 Å². The number of halogens is 1. The fraction of sp³-hybridized carbons (Fsp3) is 0.333. The van der Waals surface area contributed by atoms with Gasteiger partial charge in [-0.3, -0.25) is 0 Å². The van der Waals surface area contributed by atoms with Gasteiger partial charge in [0.05, 0.1) is 0 Å². The Hall–Kier alpha value is -0.640. The van der Waals surface area contributed by atoms with Crippen molar-refractivity contribution in [2.45, 2.75) is 31.7 Å². The van der Waals surface area contributed by atoms with Gasteiger partial charge in [0.2, 0.25) is 0 Å². The molecule has 0 aliphatic carbocycles. The van der Waals surface area contributed by atoms with Crippen LogP contribution in [0, 0.1) is 0 Å². The SMILES string of the molecule is CCC(c1ccccc1)C(N)Cc1sccc1Br. The van der Waals surface area contributed by atoms with Crippen molar-refractivity contribution >= 4 is 27.3 Å². The largest absolute Gasteiger partial charge is 0.327 e. The highest BCUT2D eigenvalue weighted by molar-refractivity contribution is 9.10. The molecule has 2 rings (SSSR count). The Labute approximate surface area is 121 Å². The van der Waals surface area contributed by atoms with Gasteiger partial charge in [-0.25, -0.2) is 0 Å². The topological polar surface area (TPSA) is 26.0 Å². The van der Waals surface area contributed by atoms with Crippen molar-refractivity contribution in [3.8, 4) is 0 Å². The number of thiophene rings is 1. The molecule has 2 unspecified atom stereocenters. The summed E-state index contributed by atoms with van der Waals surface area (Å²) < 4.78 is 1.19. The molecule has 0 fully saturated rings. The molecule has 0 radical (unpaired) electrons. The van der Waals surface area contributed by atoms with Crippen molar-refractivity contribution in [1.29, 1.82) is 0 Å². The highest BCUT2D eigenvalue weighted by atomic mass is 79.9. The predicted octanol–water partition coefficient (Wildman–Crippen LogP) is 4.57. The fourth-order valence-electron chi connectivity index (χ4n) is 2.31. The summed E-state index contributed by atoms with van der Waals surface area (Å²) in [7, 11) is 0. The molecule has 2 atom stereocenters. The minimum Gasteiger partial charge on any atom is -0.327 e. The van der Waals surface area contributed by atoms with Crippen LogP contribution >= 0.6 is 27.3 Å². The fourth-order valence-corrected chi connectivity index (χ4v) is 3.90. The highest BCUT2D eigenvalue weighted by Gasteiger charge is 2.19. The first kappa shape index (κ1) is 13.8. The second-order valence-electron chi connectivity index (χ2n) is 4.49. The van der Waals surface area contributed by atoms with Gasteiger partial charge in [-0.15, -0.1) is 11.3 Å². The lowest BCUT2D eigenvalue weighted by molar-refractivity contribution is 0.517. The average molecular weight is 324 g/mol. The zero-order valence-corrected chi connectivity index (χ0v) is 12.9. The predicted molar refractivity (Wildman–Crippen MR) is 83.2 cm³/mol. The zero-order chi connectivity index (χ0) is 13.0. The lowest BCUT2D eigenvalue weighted by Crippen LogP contribution is -2.30. The molecular weight excluding hydrogens is 306 g/mol. The first-order chi connectivity index (χ1) is 8.72. The van der Waals surface area contributed by atoms with Crippen LogP contribution < -0.4 is 5.73 Å². The lowest BCUT2D eigenvalue weighted by atomic mass is 9.88. The molecule has 1 aromatic heterocycles. The van der Waals surface area contributed by atoms with Crippen molar-refractivity contribution in [2.75, 3.05) is 0 Å². The van der Waals surface area contributed by atoms with Crippen LogP contribution in [0.5, 0.6) is 0 Å². The minimum absolute atomic E-state index is 0.173. The number of hydrogen-bond acceptors (Lipinski definition) is 2. The summed E-state index contributed by atoms with van der Waals surface area (Å²) in [4.78, 5) is 1.34. The molecule has 2 N–H and O–H groups in total. The number of rotatable bonds is 5. The van der Waals surface area contributed by atoms with E-state index in [-0.39, 0.29) is 6.04 Å². The molecule has 0 spiro atoms. The minimum atomic E-state index is 0.173. The maximum Gasteiger partial charge on any atom is 0.0314 e. The number of benzene rings is 1. The van der Waals surface area contributed by atoms with E-state index in [1.807, 2.05) is 0 Å². The molecule has 2 aromatic rings. The third kappa shape index (κ3) is 3.22. The van der Waals surface area contributed by atoms with Gasteiger partial charge in [0.1, 0.15) is 0 Å². The summed E-state index contributed by atoms with van der Waals surface area (Å²) in [5.74, 6) is 0.431. The van der Waals surface area contributed by atoms with Gasteiger partial charge < -0.3 is 5.73 Å². The van der Waals surface area contributed by atoms with Gasteiger partial charge in [-0.1, -0.05) is 37.3 Å². The molecule has 0 aliphatic rings. The van der Waals surface area contributed by atoms with Crippen LogP contribution in [-0.4, -0.2) is 6.04 Å². The van der Waals surface area contributed by atoms with Gasteiger partial charge in [0.25, 0.3) is 0 Å². The van der Waals surface area contributed by atoms with E-state index >= 15 is 0 Å². The second kappa shape index (κ2) is 6.50. The molecule has 1 aromatic carbocycles. The monoisotopic (exact) mass is 323 g/mol. The van der Waals surface area contributed by atoms with E-state index in [0.717, 1.165) is 12.8 Å². The van der Waals surface area contributed by atoms with E-state index < -0.39 is 0 Å². The van der Waals surface area contributed by atoms with Crippen molar-refractivity contribution in [2.24, 2.45) is 5.73 Å². The normalized spacial score (nSPS) is 14.4. The molecule has 96 valence electrons. The number of nitrogens with two attached hydrogens (primary N) is 1. The maximum atomic E-state index is 6.41. The summed E-state index contributed by atoms with van der Waals surface area (Å²) in [5.41, 5.74) is 7.75. The van der Waals surface area contributed by atoms with E-state index in [4.69, 9.17) is 5.73 Å². The Morgan fingerprint density at radius 3 is 2.50 bits per heavy atom. The Balaban J connectivity index is 2.11. The van der Waals surface area contributed by atoms with Gasteiger partial charge in [0.15, 0.2) is 0 Å². The summed E-state index contributed by atoms with van der Waals surface area (Å²) in [6, 6.07) is 12.9. The highest BCUT2D eigenvalue weighted by Crippen LogP contribution is 2.29. The second-order valence-corrected chi connectivity index (χ2v) is 6.34. The number of hydrogen-bond donors (Lipinski definition) is 1. The van der Waals surface area contributed by atoms with E-state index in [1.54, 1.807) is 11.3 Å². The van der Waals surface area contributed by atoms with Crippen LogP contribution in [-0.2, 0) is 6.42 Å². The first-order valence-electron chi connectivity index (χ1n) is 6.24. The van der Waals surface area contributed by atoms with Gasteiger partial charge >= 0.3 is 0 Å². The first-order valence-corrected chi connectivity index (χ1v) is 7.92. The van der Waals surface area contributed by atoms with Gasteiger partial charge in [0, 0.05) is 15.4 Å². The summed E-state index contributed by atoms with van der Waals surface area (Å²) >= 11 is 5.35. The summed E-state index contributed by atoms with van der Waals surface area (Å²) in [6.07, 6.45) is 2.01. The third-order valence-electron chi connectivity index (χ3n) is 3.30. The van der Waals surface area contributed by atoms with Crippen LogP contribution in [0.15, 0.2) is 46.3 Å². The maximum absolute atomic E-state index is 6.41. The van der Waals surface area contributed by atoms with E-state index in [9.17, 15) is 0 Å².